The molecule has 0 aromatic rings. The van der Waals surface area contributed by atoms with Gasteiger partial charge in [-0.3, -0.25) is 0 Å². The van der Waals surface area contributed by atoms with E-state index < -0.39 is 29.9 Å². The van der Waals surface area contributed by atoms with Gasteiger partial charge >= 0.3 is 23.6 Å². The Balaban J connectivity index is 4.56. The van der Waals surface area contributed by atoms with Gasteiger partial charge in [0.15, 0.2) is 0 Å². The van der Waals surface area contributed by atoms with Crippen molar-refractivity contribution in [2.24, 2.45) is 0 Å². The van der Waals surface area contributed by atoms with Gasteiger partial charge in [0, 0.05) is 0 Å². The van der Waals surface area contributed by atoms with E-state index in [2.05, 4.69) is 13.2 Å². The number of hydrogen-bond donors (Lipinski definition) is 1. The first-order chi connectivity index (χ1) is 7.08. The maximum Gasteiger partial charge on any atom is 0.523 e. The van der Waals surface area contributed by atoms with Crippen LogP contribution in [0.4, 0.5) is 13.2 Å². The molecule has 11 heteroatoms. The monoisotopic (exact) mass is 287 g/mol. The van der Waals surface area contributed by atoms with Crippen LogP contribution in [0.15, 0.2) is 0 Å². The number of alkyl halides is 3. The molecule has 1 N–H and O–H groups in total. The quantitative estimate of drug-likeness (QED) is 0.450. The largest absolute Gasteiger partial charge is 0.523 e. The van der Waals surface area contributed by atoms with Crippen molar-refractivity contribution in [2.45, 2.75) is 12.4 Å². The number of rotatable bonds is 6. The maximum atomic E-state index is 11.8. The highest BCUT2D eigenvalue weighted by Crippen LogP contribution is 2.56. The SMILES string of the molecule is CCO[P+](O)(COS(=O)(=O)C(F)(F)F)OC. The maximum absolute atomic E-state index is 11.8. The Morgan fingerprint density at radius 1 is 1.38 bits per heavy atom. The molecule has 0 saturated heterocycles. The summed E-state index contributed by atoms with van der Waals surface area (Å²) in [6, 6.07) is 0. The van der Waals surface area contributed by atoms with E-state index in [1.54, 1.807) is 0 Å². The summed E-state index contributed by atoms with van der Waals surface area (Å²) in [5.41, 5.74) is -5.54. The third-order valence-corrected chi connectivity index (χ3v) is 4.13. The van der Waals surface area contributed by atoms with Gasteiger partial charge in [-0.15, -0.1) is 0 Å². The summed E-state index contributed by atoms with van der Waals surface area (Å²) in [5.74, 6) is 0. The first kappa shape index (κ1) is 16.0. The van der Waals surface area contributed by atoms with E-state index in [-0.39, 0.29) is 6.61 Å². The van der Waals surface area contributed by atoms with E-state index >= 15 is 0 Å². The lowest BCUT2D eigenvalue weighted by Crippen LogP contribution is -2.26. The van der Waals surface area contributed by atoms with Crippen molar-refractivity contribution < 1.29 is 39.7 Å². The van der Waals surface area contributed by atoms with Crippen molar-refractivity contribution >= 4 is 18.1 Å². The van der Waals surface area contributed by atoms with Crippen molar-refractivity contribution in [2.75, 3.05) is 20.1 Å². The molecule has 0 heterocycles. The van der Waals surface area contributed by atoms with Crippen molar-refractivity contribution in [3.8, 4) is 0 Å². The van der Waals surface area contributed by atoms with Crippen LogP contribution < -0.4 is 0 Å². The summed E-state index contributed by atoms with van der Waals surface area (Å²) in [5, 5.41) is 0. The predicted molar refractivity (Wildman–Crippen MR) is 48.7 cm³/mol. The zero-order valence-corrected chi connectivity index (χ0v) is 10.1. The van der Waals surface area contributed by atoms with E-state index in [1.807, 2.05) is 0 Å². The molecule has 0 aromatic heterocycles. The van der Waals surface area contributed by atoms with E-state index in [4.69, 9.17) is 0 Å². The molecule has 0 bridgehead atoms. The Hall–Kier alpha value is 0.01000. The molecule has 0 aliphatic carbocycles. The van der Waals surface area contributed by atoms with E-state index in [0.717, 1.165) is 7.11 Å². The van der Waals surface area contributed by atoms with Crippen LogP contribution in [0.2, 0.25) is 0 Å². The third kappa shape index (κ3) is 4.48. The lowest BCUT2D eigenvalue weighted by molar-refractivity contribution is -0.0535. The van der Waals surface area contributed by atoms with Gasteiger partial charge in [0.25, 0.3) is 6.35 Å². The molecule has 0 spiro atoms. The summed E-state index contributed by atoms with van der Waals surface area (Å²) in [4.78, 5) is 9.36. The summed E-state index contributed by atoms with van der Waals surface area (Å²) in [7, 11) is -8.50. The molecule has 1 atom stereocenters. The van der Waals surface area contributed by atoms with Gasteiger partial charge in [-0.1, -0.05) is 0 Å². The molecule has 0 aliphatic rings. The second-order valence-electron chi connectivity index (χ2n) is 2.38. The summed E-state index contributed by atoms with van der Waals surface area (Å²) in [6.45, 7) is 1.38. The molecule has 0 fully saturated rings. The third-order valence-electron chi connectivity index (χ3n) is 1.27. The average Bonchev–Trinajstić information content (AvgIpc) is 2.14. The summed E-state index contributed by atoms with van der Waals surface area (Å²) in [6.07, 6.45) is -1.21. The fraction of sp³-hybridized carbons (Fsp3) is 1.00. The van der Waals surface area contributed by atoms with Gasteiger partial charge < -0.3 is 0 Å². The highest BCUT2D eigenvalue weighted by atomic mass is 32.2. The number of halogens is 3. The van der Waals surface area contributed by atoms with Gasteiger partial charge in [-0.25, -0.2) is 4.18 Å². The smallest absolute Gasteiger partial charge is 0.216 e. The van der Waals surface area contributed by atoms with Crippen molar-refractivity contribution in [3.63, 3.8) is 0 Å². The number of hydrogen-bond acceptors (Lipinski definition) is 6. The van der Waals surface area contributed by atoms with Gasteiger partial charge in [-0.2, -0.15) is 35.5 Å². The zero-order chi connectivity index (χ0) is 13.0. The van der Waals surface area contributed by atoms with Crippen LogP contribution in [-0.2, 0) is 23.3 Å². The van der Waals surface area contributed by atoms with E-state index in [9.17, 15) is 26.5 Å². The fourth-order valence-corrected chi connectivity index (χ4v) is 2.46. The van der Waals surface area contributed by atoms with Gasteiger partial charge in [0.2, 0.25) is 0 Å². The molecule has 1 unspecified atom stereocenters. The minimum Gasteiger partial charge on any atom is -0.216 e. The Kier molecular flexibility index (Phi) is 5.57. The molecule has 0 aromatic carbocycles. The lowest BCUT2D eigenvalue weighted by Gasteiger charge is -2.14. The van der Waals surface area contributed by atoms with E-state index in [0.29, 0.717) is 0 Å². The van der Waals surface area contributed by atoms with Crippen molar-refractivity contribution in [3.05, 3.63) is 0 Å². The Morgan fingerprint density at radius 3 is 2.19 bits per heavy atom. The van der Waals surface area contributed by atoms with Crippen molar-refractivity contribution in [1.82, 2.24) is 0 Å². The minimum absolute atomic E-state index is 0.0620. The molecule has 6 nitrogen and oxygen atoms in total. The molecule has 16 heavy (non-hydrogen) atoms. The average molecular weight is 287 g/mol. The van der Waals surface area contributed by atoms with Crippen LogP contribution in [0.3, 0.4) is 0 Å². The molecule has 0 aliphatic heterocycles. The molecule has 98 valence electrons. The van der Waals surface area contributed by atoms with Crippen LogP contribution in [0.1, 0.15) is 6.92 Å². The zero-order valence-electron chi connectivity index (χ0n) is 8.39. The molecule has 0 radical (unpaired) electrons. The molecule has 0 saturated carbocycles. The second kappa shape index (κ2) is 5.56. The van der Waals surface area contributed by atoms with E-state index in [1.165, 1.54) is 6.92 Å². The predicted octanol–water partition coefficient (Wildman–Crippen LogP) is 1.25. The molecule has 0 rings (SSSR count). The van der Waals surface area contributed by atoms with Crippen LogP contribution in [0, 0.1) is 0 Å². The highest BCUT2D eigenvalue weighted by molar-refractivity contribution is 7.87. The first-order valence-corrected chi connectivity index (χ1v) is 7.02. The molecular weight excluding hydrogens is 276 g/mol. The normalized spacial score (nSPS) is 17.1. The standard InChI is InChI=1S/C5H11F3O6PS/c1-3-13-15(9,12-2)4-14-16(10,11)5(6,7)8/h9H,3-4H2,1-2H3/q+1. The first-order valence-electron chi connectivity index (χ1n) is 3.85. The molecule has 0 amide bonds. The van der Waals surface area contributed by atoms with Gasteiger partial charge in [0.1, 0.15) is 0 Å². The fourth-order valence-electron chi connectivity index (χ4n) is 0.547. The lowest BCUT2D eigenvalue weighted by atomic mass is 10.9. The molecular formula is C5H11F3O6PS+. The van der Waals surface area contributed by atoms with Crippen LogP contribution in [0.25, 0.3) is 0 Å². The van der Waals surface area contributed by atoms with Crippen molar-refractivity contribution in [1.29, 1.82) is 0 Å². The highest BCUT2D eigenvalue weighted by Gasteiger charge is 2.51. The summed E-state index contributed by atoms with van der Waals surface area (Å²) >= 11 is 0. The van der Waals surface area contributed by atoms with Crippen LogP contribution in [-0.4, -0.2) is 38.9 Å². The Bertz CT molecular complexity index is 317. The Labute approximate surface area is 91.0 Å². The summed E-state index contributed by atoms with van der Waals surface area (Å²) < 4.78 is 69.0. The van der Waals surface area contributed by atoms with Gasteiger partial charge in [-0.05, 0) is 6.92 Å². The topological polar surface area (TPSA) is 82.1 Å². The minimum atomic E-state index is -5.75. The van der Waals surface area contributed by atoms with Gasteiger partial charge in [0.05, 0.1) is 13.7 Å². The Morgan fingerprint density at radius 2 is 1.88 bits per heavy atom. The van der Waals surface area contributed by atoms with Crippen LogP contribution >= 0.6 is 7.94 Å². The second-order valence-corrected chi connectivity index (χ2v) is 6.15. The van der Waals surface area contributed by atoms with Crippen LogP contribution in [0.5, 0.6) is 0 Å².